The van der Waals surface area contributed by atoms with Crippen molar-refractivity contribution in [3.8, 4) is 5.88 Å². The smallest absolute Gasteiger partial charge is 0.272 e. The van der Waals surface area contributed by atoms with E-state index in [1.54, 1.807) is 24.3 Å². The minimum Gasteiger partial charge on any atom is -0.481 e. The maximum absolute atomic E-state index is 12.4. The van der Waals surface area contributed by atoms with Crippen molar-refractivity contribution < 1.29 is 14.3 Å². The van der Waals surface area contributed by atoms with Gasteiger partial charge in [0.1, 0.15) is 11.8 Å². The van der Waals surface area contributed by atoms with Crippen LogP contribution in [-0.4, -0.2) is 35.7 Å². The molecule has 1 aliphatic rings. The lowest BCUT2D eigenvalue weighted by molar-refractivity contribution is -0.119. The quantitative estimate of drug-likeness (QED) is 0.849. The largest absolute Gasteiger partial charge is 0.481 e. The zero-order valence-electron chi connectivity index (χ0n) is 13.5. The third-order valence-electron chi connectivity index (χ3n) is 3.72. The van der Waals surface area contributed by atoms with Crippen molar-refractivity contribution in [2.24, 2.45) is 10.8 Å². The molecule has 0 saturated carbocycles. The standard InChI is InChI=1S/C17H17N5O3/c1-25-15-8-7-11(10-19-15)20-17(24)13-9-14(16(18)23)22(21-13)12-5-3-2-4-6-12/h2-8,10,14H,9H2,1H3,(H2,18,23)(H,20,24). The molecule has 128 valence electrons. The number of nitrogens with zero attached hydrogens (tertiary/aromatic N) is 3. The Labute approximate surface area is 144 Å². The molecule has 1 unspecified atom stereocenters. The van der Waals surface area contributed by atoms with E-state index in [-0.39, 0.29) is 12.1 Å². The lowest BCUT2D eigenvalue weighted by Gasteiger charge is -2.20. The number of benzene rings is 1. The minimum atomic E-state index is -0.697. The van der Waals surface area contributed by atoms with E-state index >= 15 is 0 Å². The van der Waals surface area contributed by atoms with Gasteiger partial charge in [-0.2, -0.15) is 5.10 Å². The van der Waals surface area contributed by atoms with Crippen LogP contribution in [0.5, 0.6) is 5.88 Å². The predicted octanol–water partition coefficient (Wildman–Crippen LogP) is 1.15. The van der Waals surface area contributed by atoms with Crippen molar-refractivity contribution in [3.63, 3.8) is 0 Å². The number of methoxy groups -OCH3 is 1. The van der Waals surface area contributed by atoms with E-state index < -0.39 is 17.9 Å². The Balaban J connectivity index is 1.78. The second kappa shape index (κ2) is 7.00. The molecule has 8 heteroatoms. The fourth-order valence-electron chi connectivity index (χ4n) is 2.47. The Bertz CT molecular complexity index is 805. The van der Waals surface area contributed by atoms with Gasteiger partial charge in [-0.3, -0.25) is 14.6 Å². The van der Waals surface area contributed by atoms with Crippen LogP contribution >= 0.6 is 0 Å². The highest BCUT2D eigenvalue weighted by Crippen LogP contribution is 2.24. The first kappa shape index (κ1) is 16.4. The van der Waals surface area contributed by atoms with Gasteiger partial charge in [-0.1, -0.05) is 18.2 Å². The molecule has 1 aromatic carbocycles. The number of primary amides is 1. The summed E-state index contributed by atoms with van der Waals surface area (Å²) in [6, 6.07) is 11.7. The summed E-state index contributed by atoms with van der Waals surface area (Å²) in [6.07, 6.45) is 1.62. The average molecular weight is 339 g/mol. The number of ether oxygens (including phenoxy) is 1. The predicted molar refractivity (Wildman–Crippen MR) is 93.4 cm³/mol. The number of nitrogens with two attached hydrogens (primary N) is 1. The molecule has 2 aromatic rings. The Hall–Kier alpha value is -3.42. The summed E-state index contributed by atoms with van der Waals surface area (Å²) >= 11 is 0. The molecule has 2 amide bonds. The summed E-state index contributed by atoms with van der Waals surface area (Å²) < 4.78 is 4.97. The molecular weight excluding hydrogens is 322 g/mol. The van der Waals surface area contributed by atoms with Gasteiger partial charge in [0.2, 0.25) is 11.8 Å². The van der Waals surface area contributed by atoms with Gasteiger partial charge in [-0.25, -0.2) is 4.98 Å². The molecule has 1 aromatic heterocycles. The monoisotopic (exact) mass is 339 g/mol. The average Bonchev–Trinajstić information content (AvgIpc) is 3.09. The van der Waals surface area contributed by atoms with Crippen LogP contribution in [0.25, 0.3) is 0 Å². The van der Waals surface area contributed by atoms with Crippen molar-refractivity contribution >= 4 is 28.9 Å². The lowest BCUT2D eigenvalue weighted by Crippen LogP contribution is -2.39. The van der Waals surface area contributed by atoms with E-state index in [9.17, 15) is 9.59 Å². The summed E-state index contributed by atoms with van der Waals surface area (Å²) in [5.74, 6) is -0.501. The van der Waals surface area contributed by atoms with Crippen LogP contribution in [0.1, 0.15) is 6.42 Å². The topological polar surface area (TPSA) is 110 Å². The van der Waals surface area contributed by atoms with Gasteiger partial charge >= 0.3 is 0 Å². The van der Waals surface area contributed by atoms with E-state index in [1.807, 2.05) is 18.2 Å². The molecule has 8 nitrogen and oxygen atoms in total. The number of amides is 2. The normalized spacial score (nSPS) is 16.3. The highest BCUT2D eigenvalue weighted by molar-refractivity contribution is 6.44. The van der Waals surface area contributed by atoms with Gasteiger partial charge in [0, 0.05) is 12.5 Å². The van der Waals surface area contributed by atoms with Crippen LogP contribution in [0.3, 0.4) is 0 Å². The van der Waals surface area contributed by atoms with E-state index in [4.69, 9.17) is 10.5 Å². The maximum atomic E-state index is 12.4. The van der Waals surface area contributed by atoms with E-state index in [0.717, 1.165) is 0 Å². The first-order valence-electron chi connectivity index (χ1n) is 7.61. The zero-order chi connectivity index (χ0) is 17.8. The van der Waals surface area contributed by atoms with Crippen LogP contribution in [-0.2, 0) is 9.59 Å². The second-order valence-corrected chi connectivity index (χ2v) is 5.39. The number of aromatic nitrogens is 1. The molecule has 0 radical (unpaired) electrons. The van der Waals surface area contributed by atoms with Crippen LogP contribution in [0.2, 0.25) is 0 Å². The number of carbonyl (C=O) groups is 2. The number of nitrogens with one attached hydrogen (secondary N) is 1. The summed E-state index contributed by atoms with van der Waals surface area (Å²) in [6.45, 7) is 0. The Morgan fingerprint density at radius 2 is 2.00 bits per heavy atom. The van der Waals surface area contributed by atoms with Crippen LogP contribution < -0.4 is 20.8 Å². The Morgan fingerprint density at radius 1 is 1.24 bits per heavy atom. The first-order valence-corrected chi connectivity index (χ1v) is 7.61. The van der Waals surface area contributed by atoms with Gasteiger partial charge in [0.05, 0.1) is 24.7 Å². The number of anilines is 2. The van der Waals surface area contributed by atoms with Crippen molar-refractivity contribution in [2.45, 2.75) is 12.5 Å². The molecule has 1 atom stereocenters. The third kappa shape index (κ3) is 3.57. The molecule has 0 fully saturated rings. The van der Waals surface area contributed by atoms with E-state index in [2.05, 4.69) is 15.4 Å². The molecule has 3 rings (SSSR count). The van der Waals surface area contributed by atoms with Gasteiger partial charge in [0.25, 0.3) is 5.91 Å². The summed E-state index contributed by atoms with van der Waals surface area (Å²) in [5, 5.41) is 8.46. The molecule has 1 aliphatic heterocycles. The highest BCUT2D eigenvalue weighted by atomic mass is 16.5. The first-order chi connectivity index (χ1) is 12.1. The van der Waals surface area contributed by atoms with Crippen molar-refractivity contribution in [3.05, 3.63) is 48.7 Å². The molecule has 25 heavy (non-hydrogen) atoms. The van der Waals surface area contributed by atoms with Crippen molar-refractivity contribution in [2.75, 3.05) is 17.4 Å². The van der Waals surface area contributed by atoms with Gasteiger partial charge in [0.15, 0.2) is 0 Å². The Kier molecular flexibility index (Phi) is 4.60. The number of hydrogen-bond donors (Lipinski definition) is 2. The number of hydrazone groups is 1. The minimum absolute atomic E-state index is 0.139. The van der Waals surface area contributed by atoms with E-state index in [0.29, 0.717) is 17.3 Å². The van der Waals surface area contributed by atoms with Gasteiger partial charge in [-0.05, 0) is 18.2 Å². The molecule has 0 bridgehead atoms. The second-order valence-electron chi connectivity index (χ2n) is 5.39. The summed E-state index contributed by atoms with van der Waals surface area (Å²) in [7, 11) is 1.51. The number of para-hydroxylation sites is 1. The summed E-state index contributed by atoms with van der Waals surface area (Å²) in [5.41, 5.74) is 6.89. The zero-order valence-corrected chi connectivity index (χ0v) is 13.5. The SMILES string of the molecule is COc1ccc(NC(=O)C2=NN(c3ccccc3)C(C(N)=O)C2)cn1. The van der Waals surface area contributed by atoms with Crippen molar-refractivity contribution in [1.29, 1.82) is 0 Å². The number of hydrogen-bond acceptors (Lipinski definition) is 6. The highest BCUT2D eigenvalue weighted by Gasteiger charge is 2.34. The number of rotatable bonds is 5. The maximum Gasteiger partial charge on any atom is 0.272 e. The van der Waals surface area contributed by atoms with E-state index in [1.165, 1.54) is 18.3 Å². The molecular formula is C17H17N5O3. The lowest BCUT2D eigenvalue weighted by atomic mass is 10.1. The fourth-order valence-corrected chi connectivity index (χ4v) is 2.47. The van der Waals surface area contributed by atoms with Crippen LogP contribution in [0.15, 0.2) is 53.8 Å². The van der Waals surface area contributed by atoms with Crippen LogP contribution in [0, 0.1) is 0 Å². The molecule has 0 saturated heterocycles. The summed E-state index contributed by atoms with van der Waals surface area (Å²) in [4.78, 5) is 28.2. The molecule has 2 heterocycles. The fraction of sp³-hybridized carbons (Fsp3) is 0.176. The van der Waals surface area contributed by atoms with Crippen molar-refractivity contribution in [1.82, 2.24) is 4.98 Å². The number of pyridine rings is 1. The third-order valence-corrected chi connectivity index (χ3v) is 3.72. The Morgan fingerprint density at radius 3 is 2.60 bits per heavy atom. The molecule has 0 aliphatic carbocycles. The molecule has 0 spiro atoms. The van der Waals surface area contributed by atoms with Crippen LogP contribution in [0.4, 0.5) is 11.4 Å². The number of carbonyl (C=O) groups excluding carboxylic acids is 2. The van der Waals surface area contributed by atoms with Gasteiger partial charge in [-0.15, -0.1) is 0 Å². The molecule has 3 N–H and O–H groups in total. The van der Waals surface area contributed by atoms with Gasteiger partial charge < -0.3 is 15.8 Å².